The summed E-state index contributed by atoms with van der Waals surface area (Å²) < 4.78 is 18.3. The van der Waals surface area contributed by atoms with Gasteiger partial charge in [0.1, 0.15) is 11.6 Å². The van der Waals surface area contributed by atoms with E-state index < -0.39 is 0 Å². The number of anilines is 1. The molecular formula is C24H29FN2O2S. The summed E-state index contributed by atoms with van der Waals surface area (Å²) >= 11 is 1.72. The van der Waals surface area contributed by atoms with Crippen molar-refractivity contribution in [1.29, 1.82) is 0 Å². The molecule has 2 aromatic carbocycles. The number of benzene rings is 2. The topological polar surface area (TPSA) is 32.8 Å². The largest absolute Gasteiger partial charge is 0.497 e. The van der Waals surface area contributed by atoms with Crippen molar-refractivity contribution in [2.45, 2.75) is 13.3 Å². The molecule has 6 heteroatoms. The monoisotopic (exact) mass is 428 g/mol. The number of halogens is 1. The normalized spacial score (nSPS) is 15.8. The minimum absolute atomic E-state index is 0.0519. The number of allylic oxidation sites excluding steroid dienone is 1. The van der Waals surface area contributed by atoms with E-state index in [2.05, 4.69) is 34.3 Å². The van der Waals surface area contributed by atoms with Crippen LogP contribution in [-0.4, -0.2) is 50.2 Å². The number of carbonyl (C=O) groups is 1. The number of thioether (sulfide) groups is 1. The lowest BCUT2D eigenvalue weighted by Gasteiger charge is -2.38. The molecule has 0 aliphatic carbocycles. The average Bonchev–Trinajstić information content (AvgIpc) is 2.80. The molecule has 1 saturated heterocycles. The number of hydrogen-bond donors (Lipinski definition) is 0. The molecule has 1 aliphatic heterocycles. The highest BCUT2D eigenvalue weighted by Crippen LogP contribution is 2.25. The smallest absolute Gasteiger partial charge is 0.165 e. The summed E-state index contributed by atoms with van der Waals surface area (Å²) in [5.74, 6) is 0.459. The van der Waals surface area contributed by atoms with Gasteiger partial charge in [0.15, 0.2) is 5.78 Å². The second-order valence-electron chi connectivity index (χ2n) is 7.43. The third-order valence-electron chi connectivity index (χ3n) is 5.46. The Morgan fingerprint density at radius 2 is 1.73 bits per heavy atom. The van der Waals surface area contributed by atoms with Gasteiger partial charge in [0, 0.05) is 43.3 Å². The minimum Gasteiger partial charge on any atom is -0.497 e. The zero-order valence-corrected chi connectivity index (χ0v) is 18.6. The van der Waals surface area contributed by atoms with Crippen LogP contribution in [0.1, 0.15) is 23.7 Å². The fraction of sp³-hybridized carbons (Fsp3) is 0.375. The Kier molecular flexibility index (Phi) is 7.80. The molecule has 1 unspecified atom stereocenters. The van der Waals surface area contributed by atoms with Crippen molar-refractivity contribution in [3.63, 3.8) is 0 Å². The Labute approximate surface area is 182 Å². The first-order valence-corrected chi connectivity index (χ1v) is 11.4. The average molecular weight is 429 g/mol. The van der Waals surface area contributed by atoms with Gasteiger partial charge in [-0.05, 0) is 61.2 Å². The number of nitrogens with zero attached hydrogens (tertiary/aromatic N) is 2. The van der Waals surface area contributed by atoms with Gasteiger partial charge >= 0.3 is 0 Å². The lowest BCUT2D eigenvalue weighted by molar-refractivity contribution is 0.0930. The summed E-state index contributed by atoms with van der Waals surface area (Å²) in [4.78, 5) is 17.4. The van der Waals surface area contributed by atoms with Gasteiger partial charge in [-0.25, -0.2) is 4.39 Å². The van der Waals surface area contributed by atoms with Crippen molar-refractivity contribution in [2.75, 3.05) is 44.4 Å². The van der Waals surface area contributed by atoms with E-state index in [1.54, 1.807) is 31.0 Å². The maximum atomic E-state index is 13.1. The highest BCUT2D eigenvalue weighted by Gasteiger charge is 2.20. The number of ether oxygens (including phenoxy) is 1. The predicted molar refractivity (Wildman–Crippen MR) is 123 cm³/mol. The molecule has 0 radical (unpaired) electrons. The van der Waals surface area contributed by atoms with Crippen molar-refractivity contribution in [3.8, 4) is 5.75 Å². The SMILES string of the molecule is COc1ccc(N2CCN(C(=CCC(C)C(=O)c3ccc(F)cc3)SC)CC2)cc1. The van der Waals surface area contributed by atoms with Crippen LogP contribution in [-0.2, 0) is 0 Å². The third-order valence-corrected chi connectivity index (χ3v) is 6.30. The van der Waals surface area contributed by atoms with Crippen LogP contribution in [0, 0.1) is 11.7 Å². The number of ketones is 1. The Balaban J connectivity index is 1.55. The van der Waals surface area contributed by atoms with Crippen LogP contribution >= 0.6 is 11.8 Å². The number of rotatable bonds is 8. The molecule has 0 saturated carbocycles. The van der Waals surface area contributed by atoms with Gasteiger partial charge in [-0.2, -0.15) is 0 Å². The first-order valence-electron chi connectivity index (χ1n) is 10.2. The van der Waals surface area contributed by atoms with E-state index in [1.807, 2.05) is 19.1 Å². The van der Waals surface area contributed by atoms with Gasteiger partial charge in [0.05, 0.1) is 12.1 Å². The van der Waals surface area contributed by atoms with E-state index in [0.717, 1.165) is 31.9 Å². The molecule has 0 amide bonds. The standard InChI is InChI=1S/C24H29FN2O2S/c1-18(24(28)19-5-7-20(25)8-6-19)4-13-23(30-3)27-16-14-26(15-17-27)21-9-11-22(29-2)12-10-21/h5-13,18H,4,14-17H2,1-3H3. The minimum atomic E-state index is -0.322. The highest BCUT2D eigenvalue weighted by atomic mass is 32.2. The molecule has 0 bridgehead atoms. The van der Waals surface area contributed by atoms with E-state index in [9.17, 15) is 9.18 Å². The highest BCUT2D eigenvalue weighted by molar-refractivity contribution is 8.02. The predicted octanol–water partition coefficient (Wildman–Crippen LogP) is 5.07. The van der Waals surface area contributed by atoms with Crippen molar-refractivity contribution in [1.82, 2.24) is 4.90 Å². The Morgan fingerprint density at radius 3 is 2.30 bits per heavy atom. The maximum Gasteiger partial charge on any atom is 0.165 e. The zero-order chi connectivity index (χ0) is 21.5. The molecular weight excluding hydrogens is 399 g/mol. The molecule has 3 rings (SSSR count). The van der Waals surface area contributed by atoms with Crippen molar-refractivity contribution >= 4 is 23.2 Å². The van der Waals surface area contributed by atoms with Crippen LogP contribution in [0.2, 0.25) is 0 Å². The quantitative estimate of drug-likeness (QED) is 0.548. The van der Waals surface area contributed by atoms with Gasteiger partial charge in [-0.15, -0.1) is 11.8 Å². The van der Waals surface area contributed by atoms with Crippen LogP contribution in [0.3, 0.4) is 0 Å². The molecule has 2 aromatic rings. The first kappa shape index (κ1) is 22.2. The second kappa shape index (κ2) is 10.5. The molecule has 0 spiro atoms. The number of piperazine rings is 1. The molecule has 160 valence electrons. The zero-order valence-electron chi connectivity index (χ0n) is 17.8. The summed E-state index contributed by atoms with van der Waals surface area (Å²) in [7, 11) is 1.68. The van der Waals surface area contributed by atoms with Crippen LogP contribution in [0.15, 0.2) is 59.6 Å². The summed E-state index contributed by atoms with van der Waals surface area (Å²) in [5.41, 5.74) is 1.78. The van der Waals surface area contributed by atoms with E-state index in [1.165, 1.54) is 22.8 Å². The van der Waals surface area contributed by atoms with Gasteiger partial charge in [0.2, 0.25) is 0 Å². The molecule has 30 heavy (non-hydrogen) atoms. The van der Waals surface area contributed by atoms with E-state index in [4.69, 9.17) is 4.74 Å². The maximum absolute atomic E-state index is 13.1. The van der Waals surface area contributed by atoms with Crippen molar-refractivity contribution in [3.05, 3.63) is 71.0 Å². The lowest BCUT2D eigenvalue weighted by atomic mass is 9.96. The van der Waals surface area contributed by atoms with Crippen LogP contribution < -0.4 is 9.64 Å². The summed E-state index contributed by atoms with van der Waals surface area (Å²) in [6.07, 6.45) is 4.92. The molecule has 1 fully saturated rings. The molecule has 1 heterocycles. The molecule has 1 aliphatic rings. The molecule has 4 nitrogen and oxygen atoms in total. The third kappa shape index (κ3) is 5.57. The fourth-order valence-corrected chi connectivity index (χ4v) is 4.31. The van der Waals surface area contributed by atoms with Crippen molar-refractivity contribution in [2.24, 2.45) is 5.92 Å². The van der Waals surface area contributed by atoms with Gasteiger partial charge in [-0.3, -0.25) is 4.79 Å². The van der Waals surface area contributed by atoms with Gasteiger partial charge in [0.25, 0.3) is 0 Å². The lowest BCUT2D eigenvalue weighted by Crippen LogP contribution is -2.45. The first-order chi connectivity index (χ1) is 14.5. The number of methoxy groups -OCH3 is 1. The van der Waals surface area contributed by atoms with Crippen molar-refractivity contribution < 1.29 is 13.9 Å². The van der Waals surface area contributed by atoms with Crippen LogP contribution in [0.25, 0.3) is 0 Å². The Morgan fingerprint density at radius 1 is 1.10 bits per heavy atom. The van der Waals surface area contributed by atoms with E-state index >= 15 is 0 Å². The van der Waals surface area contributed by atoms with Crippen LogP contribution in [0.5, 0.6) is 5.75 Å². The molecule has 1 atom stereocenters. The van der Waals surface area contributed by atoms with E-state index in [0.29, 0.717) is 12.0 Å². The summed E-state index contributed by atoms with van der Waals surface area (Å²) in [6.45, 7) is 5.72. The van der Waals surface area contributed by atoms with E-state index in [-0.39, 0.29) is 17.5 Å². The summed E-state index contributed by atoms with van der Waals surface area (Å²) in [5, 5.41) is 1.21. The number of Topliss-reactive ketones (excluding diaryl/α,β-unsaturated/α-hetero) is 1. The summed E-state index contributed by atoms with van der Waals surface area (Å²) in [6, 6.07) is 14.0. The second-order valence-corrected chi connectivity index (χ2v) is 8.25. The number of hydrogen-bond acceptors (Lipinski definition) is 5. The Hall–Kier alpha value is -2.47. The van der Waals surface area contributed by atoms with Gasteiger partial charge in [-0.1, -0.05) is 13.0 Å². The molecule has 0 aromatic heterocycles. The fourth-order valence-electron chi connectivity index (χ4n) is 3.60. The van der Waals surface area contributed by atoms with Crippen LogP contribution in [0.4, 0.5) is 10.1 Å². The van der Waals surface area contributed by atoms with Gasteiger partial charge < -0.3 is 14.5 Å². The Bertz CT molecular complexity index is 860. The number of carbonyl (C=O) groups excluding carboxylic acids is 1. The molecule has 0 N–H and O–H groups in total.